The molecular weight excluding hydrogens is 142 g/mol. The van der Waals surface area contributed by atoms with Gasteiger partial charge in [-0.3, -0.25) is 0 Å². The van der Waals surface area contributed by atoms with E-state index >= 15 is 0 Å². The molecule has 0 unspecified atom stereocenters. The molecule has 0 aromatic carbocycles. The van der Waals surface area contributed by atoms with Crippen LogP contribution in [0.1, 0.15) is 0 Å². The van der Waals surface area contributed by atoms with Gasteiger partial charge in [-0.1, -0.05) is 0 Å². The maximum Gasteiger partial charge on any atom is 0.430 e. The molecule has 58 valence electrons. The van der Waals surface area contributed by atoms with Gasteiger partial charge in [0.2, 0.25) is 0 Å². The maximum atomic E-state index is 10.2. The van der Waals surface area contributed by atoms with E-state index in [-0.39, 0.29) is 0 Å². The third kappa shape index (κ3) is 2.70. The lowest BCUT2D eigenvalue weighted by atomic mass is 11.2. The molecule has 0 aliphatic carbocycles. The number of nitrogens with one attached hydrogen (secondary N) is 1. The zero-order valence-corrected chi connectivity index (χ0v) is 5.53. The predicted molar refractivity (Wildman–Crippen MR) is 30.3 cm³/mol. The molecule has 0 saturated carbocycles. The van der Waals surface area contributed by atoms with Crippen LogP contribution in [0.4, 0.5) is 4.79 Å². The molecule has 0 spiro atoms. The lowest BCUT2D eigenvalue weighted by Crippen LogP contribution is -2.42. The lowest BCUT2D eigenvalue weighted by molar-refractivity contribution is -0.660. The van der Waals surface area contributed by atoms with E-state index in [1.54, 1.807) is 5.43 Å². The molecule has 0 rings (SSSR count). The van der Waals surface area contributed by atoms with Gasteiger partial charge in [-0.2, -0.15) is 5.43 Å². The van der Waals surface area contributed by atoms with Gasteiger partial charge in [0.25, 0.3) is 0 Å². The Bertz CT molecular complexity index is 147. The Balaban J connectivity index is 3.68. The summed E-state index contributed by atoms with van der Waals surface area (Å²) in [5.41, 5.74) is 1.80. The molecule has 7 nitrogen and oxygen atoms in total. The summed E-state index contributed by atoms with van der Waals surface area (Å²) < 4.78 is 4.07. The van der Waals surface area contributed by atoms with Gasteiger partial charge in [0.05, 0.1) is 14.2 Å². The van der Waals surface area contributed by atoms with Crippen LogP contribution in [0.3, 0.4) is 0 Å². The minimum absolute atomic E-state index is 0.395. The van der Waals surface area contributed by atoms with Crippen molar-refractivity contribution in [2.75, 3.05) is 14.2 Å². The van der Waals surface area contributed by atoms with Crippen molar-refractivity contribution in [3.63, 3.8) is 0 Å². The minimum atomic E-state index is -0.876. The van der Waals surface area contributed by atoms with E-state index < -0.39 is 11.1 Å². The molecule has 0 saturated heterocycles. The Labute approximate surface area is 56.6 Å². The third-order valence-electron chi connectivity index (χ3n) is 0.683. The fourth-order valence-corrected chi connectivity index (χ4v) is 0.219. The molecule has 0 bridgehead atoms. The fraction of sp³-hybridized carbons (Fsp3) is 0.667. The number of hydrogen-bond donors (Lipinski definition) is 1. The van der Waals surface area contributed by atoms with Crippen LogP contribution >= 0.6 is 0 Å². The molecule has 10 heavy (non-hydrogen) atoms. The second-order valence-corrected chi connectivity index (χ2v) is 1.36. The summed E-state index contributed by atoms with van der Waals surface area (Å²) in [4.78, 5) is 20.1. The van der Waals surface area contributed by atoms with Crippen LogP contribution in [0.2, 0.25) is 0 Å². The molecule has 0 fully saturated rings. The van der Waals surface area contributed by atoms with Crippen LogP contribution in [0.15, 0.2) is 0 Å². The van der Waals surface area contributed by atoms with E-state index in [1.165, 1.54) is 0 Å². The average Bonchev–Trinajstić information content (AvgIpc) is 1.87. The Morgan fingerprint density at radius 1 is 1.80 bits per heavy atom. The number of ether oxygens (including phenoxy) is 1. The Morgan fingerprint density at radius 2 is 2.30 bits per heavy atom. The minimum Gasteiger partial charge on any atom is -0.452 e. The van der Waals surface area contributed by atoms with E-state index in [2.05, 4.69) is 4.74 Å². The Hall–Kier alpha value is -1.53. The van der Waals surface area contributed by atoms with E-state index in [9.17, 15) is 14.9 Å². The highest BCUT2D eigenvalue weighted by atomic mass is 16.7. The molecule has 7 heteroatoms. The van der Waals surface area contributed by atoms with Gasteiger partial charge in [-0.05, 0) is 5.12 Å². The molecule has 1 amide bonds. The summed E-state index contributed by atoms with van der Waals surface area (Å²) in [7, 11) is 2.19. The summed E-state index contributed by atoms with van der Waals surface area (Å²) in [6, 6.07) is 0. The molecule has 0 aliphatic heterocycles. The van der Waals surface area contributed by atoms with Crippen molar-refractivity contribution in [1.29, 1.82) is 0 Å². The normalized spacial score (nSPS) is 8.20. The van der Waals surface area contributed by atoms with Crippen molar-refractivity contribution in [3.8, 4) is 0 Å². The van der Waals surface area contributed by atoms with Gasteiger partial charge in [-0.25, -0.2) is 14.9 Å². The van der Waals surface area contributed by atoms with Crippen molar-refractivity contribution in [3.05, 3.63) is 10.1 Å². The molecule has 1 N–H and O–H groups in total. The largest absolute Gasteiger partial charge is 0.452 e. The van der Waals surface area contributed by atoms with E-state index in [4.69, 9.17) is 0 Å². The van der Waals surface area contributed by atoms with Crippen molar-refractivity contribution in [1.82, 2.24) is 10.5 Å². The maximum absolute atomic E-state index is 10.2. The number of nitro groups is 1. The first-order valence-corrected chi connectivity index (χ1v) is 2.30. The Kier molecular flexibility index (Phi) is 2.95. The summed E-state index contributed by atoms with van der Waals surface area (Å²) in [5.74, 6) is 0. The van der Waals surface area contributed by atoms with Crippen LogP contribution in [-0.4, -0.2) is 30.4 Å². The summed E-state index contributed by atoms with van der Waals surface area (Å²) in [5, 5.41) is 9.41. The molecule has 0 atom stereocenters. The van der Waals surface area contributed by atoms with E-state index in [0.29, 0.717) is 5.12 Å². The highest BCUT2D eigenvalue weighted by molar-refractivity contribution is 5.65. The standard InChI is InChI=1S/C3H7N3O4/c1-5(6(8)9)4-3(7)10-2/h1-2H3,(H,4,7). The van der Waals surface area contributed by atoms with Gasteiger partial charge in [0, 0.05) is 0 Å². The lowest BCUT2D eigenvalue weighted by Gasteiger charge is -2.06. The van der Waals surface area contributed by atoms with Crippen LogP contribution < -0.4 is 5.43 Å². The van der Waals surface area contributed by atoms with Crippen molar-refractivity contribution in [2.45, 2.75) is 0 Å². The van der Waals surface area contributed by atoms with Crippen LogP contribution in [0.5, 0.6) is 0 Å². The second-order valence-electron chi connectivity index (χ2n) is 1.36. The summed E-state index contributed by atoms with van der Waals surface area (Å²) in [6.07, 6.45) is -0.876. The fourth-order valence-electron chi connectivity index (χ4n) is 0.219. The second kappa shape index (κ2) is 3.49. The van der Waals surface area contributed by atoms with Gasteiger partial charge < -0.3 is 4.74 Å². The highest BCUT2D eigenvalue weighted by Crippen LogP contribution is 1.76. The van der Waals surface area contributed by atoms with Gasteiger partial charge in [-0.15, -0.1) is 0 Å². The summed E-state index contributed by atoms with van der Waals surface area (Å²) >= 11 is 0. The van der Waals surface area contributed by atoms with Crippen LogP contribution in [0, 0.1) is 10.1 Å². The Morgan fingerprint density at radius 3 is 2.60 bits per heavy atom. The predicted octanol–water partition coefficient (Wildman–Crippen LogP) is -0.619. The number of hydrazine groups is 2. The number of rotatable bonds is 2. The number of carbonyl (C=O) groups is 1. The average molecular weight is 149 g/mol. The molecular formula is C3H7N3O4. The zero-order valence-electron chi connectivity index (χ0n) is 5.53. The van der Waals surface area contributed by atoms with E-state index in [1.807, 2.05) is 0 Å². The number of nitrogens with zero attached hydrogens (tertiary/aromatic N) is 2. The van der Waals surface area contributed by atoms with Gasteiger partial charge >= 0.3 is 6.09 Å². The summed E-state index contributed by atoms with van der Waals surface area (Å²) in [6.45, 7) is 0. The molecule has 0 radical (unpaired) electrons. The molecule has 0 aliphatic rings. The number of amides is 1. The van der Waals surface area contributed by atoms with Crippen molar-refractivity contribution >= 4 is 6.09 Å². The number of hydrogen-bond acceptors (Lipinski definition) is 4. The number of methoxy groups -OCH3 is 1. The molecule has 0 heterocycles. The zero-order chi connectivity index (χ0) is 8.15. The monoisotopic (exact) mass is 149 g/mol. The quantitative estimate of drug-likeness (QED) is 0.417. The first-order chi connectivity index (χ1) is 4.57. The third-order valence-corrected chi connectivity index (χ3v) is 0.683. The van der Waals surface area contributed by atoms with Crippen LogP contribution in [0.25, 0.3) is 0 Å². The number of carbonyl (C=O) groups excluding carboxylic acids is 1. The van der Waals surface area contributed by atoms with Gasteiger partial charge in [0.1, 0.15) is 0 Å². The molecule has 0 aromatic heterocycles. The highest BCUT2D eigenvalue weighted by Gasteiger charge is 2.09. The van der Waals surface area contributed by atoms with Gasteiger partial charge in [0.15, 0.2) is 5.03 Å². The SMILES string of the molecule is COC(=O)NN(C)[N+](=O)[O-]. The van der Waals surface area contributed by atoms with Crippen molar-refractivity contribution < 1.29 is 14.6 Å². The van der Waals surface area contributed by atoms with Crippen molar-refractivity contribution in [2.24, 2.45) is 0 Å². The molecule has 0 aromatic rings. The van der Waals surface area contributed by atoms with E-state index in [0.717, 1.165) is 14.2 Å². The topological polar surface area (TPSA) is 84.7 Å². The smallest absolute Gasteiger partial charge is 0.430 e. The van der Waals surface area contributed by atoms with Crippen LogP contribution in [-0.2, 0) is 4.74 Å². The first kappa shape index (κ1) is 8.47. The first-order valence-electron chi connectivity index (χ1n) is 2.30.